The predicted octanol–water partition coefficient (Wildman–Crippen LogP) is 9.84. The maximum absolute atomic E-state index is 7.64. The summed E-state index contributed by atoms with van der Waals surface area (Å²) in [6.45, 7) is 3.44. The molecule has 2 heterocycles. The van der Waals surface area contributed by atoms with Gasteiger partial charge < -0.3 is 14.4 Å². The Balaban J connectivity index is 1.26. The first kappa shape index (κ1) is 28.2. The third kappa shape index (κ3) is 4.28. The summed E-state index contributed by atoms with van der Waals surface area (Å²) in [7, 11) is 0. The van der Waals surface area contributed by atoms with E-state index >= 15 is 0 Å². The Morgan fingerprint density at radius 3 is 2.20 bits per heavy atom. The lowest BCUT2D eigenvalue weighted by molar-refractivity contribution is 0.122. The van der Waals surface area contributed by atoms with E-state index in [1.165, 1.54) is 95.1 Å². The minimum Gasteiger partial charge on any atom is -0.473 e. The maximum Gasteiger partial charge on any atom is 0.178 e. The lowest BCUT2D eigenvalue weighted by Gasteiger charge is -2.41. The molecule has 1 saturated carbocycles. The van der Waals surface area contributed by atoms with Crippen LogP contribution in [0, 0.1) is 0 Å². The Hall–Kier alpha value is -4.08. The van der Waals surface area contributed by atoms with Gasteiger partial charge in [-0.25, -0.2) is 0 Å². The molecule has 1 spiro atoms. The number of hydrogen-bond acceptors (Lipinski definition) is 3. The summed E-state index contributed by atoms with van der Waals surface area (Å²) in [6, 6.07) is 29.4. The number of morpholine rings is 1. The van der Waals surface area contributed by atoms with Gasteiger partial charge in [0.25, 0.3) is 0 Å². The standard InChI is InChI=1S/C43H43NO2/c1-2-11-24-42(25-12-3-1)38-18-10-9-17-36(38)39-34-15-7-8-16-35(34)41-37(40(39)42)23-26-43(46-41,31-13-5-4-6-14-31)32-19-21-33(22-20-32)44-27-29-45-30-28-44/h4-7,9-10,13-15,17-23,26H,1-3,8,11-12,16,24-25,27-30H2. The highest BCUT2D eigenvalue weighted by Crippen LogP contribution is 2.61. The van der Waals surface area contributed by atoms with E-state index in [1.54, 1.807) is 5.56 Å². The number of allylic oxidation sites excluding steroid dienone is 1. The van der Waals surface area contributed by atoms with Crippen molar-refractivity contribution in [2.24, 2.45) is 0 Å². The zero-order valence-corrected chi connectivity index (χ0v) is 26.8. The molecule has 3 aliphatic carbocycles. The average Bonchev–Trinajstić information content (AvgIpc) is 3.41. The molecule has 3 heteroatoms. The second-order valence-corrected chi connectivity index (χ2v) is 13.9. The smallest absolute Gasteiger partial charge is 0.178 e. The van der Waals surface area contributed by atoms with Crippen LogP contribution in [-0.2, 0) is 22.2 Å². The molecule has 5 aliphatic rings. The number of ether oxygens (including phenoxy) is 2. The first-order chi connectivity index (χ1) is 22.8. The monoisotopic (exact) mass is 605 g/mol. The lowest BCUT2D eigenvalue weighted by Crippen LogP contribution is -2.37. The van der Waals surface area contributed by atoms with E-state index in [9.17, 15) is 0 Å². The van der Waals surface area contributed by atoms with Crippen molar-refractivity contribution in [2.45, 2.75) is 68.8 Å². The maximum atomic E-state index is 7.64. The summed E-state index contributed by atoms with van der Waals surface area (Å²) in [6.07, 6.45) is 20.7. The summed E-state index contributed by atoms with van der Waals surface area (Å²) < 4.78 is 13.3. The van der Waals surface area contributed by atoms with Gasteiger partial charge in [0.2, 0.25) is 0 Å². The van der Waals surface area contributed by atoms with Crippen LogP contribution in [0.3, 0.4) is 0 Å². The molecule has 46 heavy (non-hydrogen) atoms. The number of fused-ring (bicyclic) bond motifs is 10. The van der Waals surface area contributed by atoms with Crippen LogP contribution in [-0.4, -0.2) is 26.3 Å². The highest BCUT2D eigenvalue weighted by molar-refractivity contribution is 5.94. The molecule has 3 nitrogen and oxygen atoms in total. The minimum absolute atomic E-state index is 0.0387. The van der Waals surface area contributed by atoms with Gasteiger partial charge >= 0.3 is 0 Å². The summed E-state index contributed by atoms with van der Waals surface area (Å²) in [5.41, 5.74) is 13.0. The molecule has 2 aliphatic heterocycles. The van der Waals surface area contributed by atoms with E-state index in [-0.39, 0.29) is 5.41 Å². The van der Waals surface area contributed by atoms with Gasteiger partial charge in [0.15, 0.2) is 5.60 Å². The number of benzene rings is 4. The van der Waals surface area contributed by atoms with Crippen molar-refractivity contribution in [3.8, 4) is 16.9 Å². The summed E-state index contributed by atoms with van der Waals surface area (Å²) in [5.74, 6) is 1.11. The average molecular weight is 606 g/mol. The van der Waals surface area contributed by atoms with Crippen LogP contribution >= 0.6 is 0 Å². The summed E-state index contributed by atoms with van der Waals surface area (Å²) >= 11 is 0. The molecule has 4 aromatic carbocycles. The molecule has 2 fully saturated rings. The first-order valence-corrected chi connectivity index (χ1v) is 17.7. The SMILES string of the molecule is C1=Cc2c(c3c(c4c2-c2ccccc2C42CCCCCCC2)C=CC(c2ccccc2)(c2ccc(N4CCOCC4)cc2)O3)CC1. The number of anilines is 1. The van der Waals surface area contributed by atoms with Crippen molar-refractivity contribution in [3.63, 3.8) is 0 Å². The van der Waals surface area contributed by atoms with Crippen LogP contribution in [0.1, 0.15) is 90.3 Å². The molecular formula is C43H43NO2. The number of hydrogen-bond donors (Lipinski definition) is 0. The van der Waals surface area contributed by atoms with E-state index in [2.05, 4.69) is 108 Å². The minimum atomic E-state index is -0.708. The quantitative estimate of drug-likeness (QED) is 0.232. The molecule has 9 rings (SSSR count). The Morgan fingerprint density at radius 2 is 1.39 bits per heavy atom. The van der Waals surface area contributed by atoms with Crippen molar-refractivity contribution in [3.05, 3.63) is 130 Å². The Morgan fingerprint density at radius 1 is 0.674 bits per heavy atom. The van der Waals surface area contributed by atoms with Gasteiger partial charge in [0.1, 0.15) is 5.75 Å². The fourth-order valence-corrected chi connectivity index (χ4v) is 9.31. The zero-order valence-electron chi connectivity index (χ0n) is 26.8. The molecule has 0 radical (unpaired) electrons. The van der Waals surface area contributed by atoms with Crippen LogP contribution in [0.15, 0.2) is 91.0 Å². The normalized spacial score (nSPS) is 22.7. The van der Waals surface area contributed by atoms with Crippen molar-refractivity contribution in [2.75, 3.05) is 31.2 Å². The lowest BCUT2D eigenvalue weighted by atomic mass is 9.67. The molecule has 0 bridgehead atoms. The fourth-order valence-electron chi connectivity index (χ4n) is 9.31. The molecule has 232 valence electrons. The Labute approximate surface area is 273 Å². The second-order valence-electron chi connectivity index (χ2n) is 13.9. The van der Waals surface area contributed by atoms with Crippen molar-refractivity contribution >= 4 is 17.8 Å². The van der Waals surface area contributed by atoms with Gasteiger partial charge in [-0.3, -0.25) is 0 Å². The van der Waals surface area contributed by atoms with Crippen LogP contribution in [0.5, 0.6) is 5.75 Å². The fraction of sp³-hybridized carbons (Fsp3) is 0.349. The molecular weight excluding hydrogens is 562 g/mol. The van der Waals surface area contributed by atoms with Crippen molar-refractivity contribution < 1.29 is 9.47 Å². The highest BCUT2D eigenvalue weighted by atomic mass is 16.5. The van der Waals surface area contributed by atoms with Crippen LogP contribution < -0.4 is 9.64 Å². The van der Waals surface area contributed by atoms with Gasteiger partial charge in [0, 0.05) is 46.4 Å². The van der Waals surface area contributed by atoms with Gasteiger partial charge in [-0.15, -0.1) is 0 Å². The van der Waals surface area contributed by atoms with Gasteiger partial charge in [-0.1, -0.05) is 117 Å². The Kier molecular flexibility index (Phi) is 6.93. The molecule has 1 atom stereocenters. The highest BCUT2D eigenvalue weighted by Gasteiger charge is 2.48. The van der Waals surface area contributed by atoms with Gasteiger partial charge in [0.05, 0.1) is 13.2 Å². The van der Waals surface area contributed by atoms with Crippen LogP contribution in [0.2, 0.25) is 0 Å². The number of nitrogens with zero attached hydrogens (tertiary/aromatic N) is 1. The molecule has 0 aromatic heterocycles. The second kappa shape index (κ2) is 11.3. The summed E-state index contributed by atoms with van der Waals surface area (Å²) in [4.78, 5) is 2.42. The van der Waals surface area contributed by atoms with E-state index in [0.717, 1.165) is 44.9 Å². The largest absolute Gasteiger partial charge is 0.473 e. The first-order valence-electron chi connectivity index (χ1n) is 17.7. The predicted molar refractivity (Wildman–Crippen MR) is 189 cm³/mol. The molecule has 1 unspecified atom stereocenters. The summed E-state index contributed by atoms with van der Waals surface area (Å²) in [5, 5.41) is 0. The van der Waals surface area contributed by atoms with Crippen LogP contribution in [0.25, 0.3) is 23.3 Å². The van der Waals surface area contributed by atoms with E-state index in [4.69, 9.17) is 9.47 Å². The Bertz CT molecular complexity index is 1820. The molecule has 1 saturated heterocycles. The third-order valence-electron chi connectivity index (χ3n) is 11.5. The van der Waals surface area contributed by atoms with Crippen molar-refractivity contribution in [1.29, 1.82) is 0 Å². The van der Waals surface area contributed by atoms with Gasteiger partial charge in [-0.2, -0.15) is 0 Å². The number of rotatable bonds is 3. The van der Waals surface area contributed by atoms with E-state index in [0.29, 0.717) is 0 Å². The molecule has 0 amide bonds. The molecule has 4 aromatic rings. The van der Waals surface area contributed by atoms with E-state index < -0.39 is 5.60 Å². The van der Waals surface area contributed by atoms with E-state index in [1.807, 2.05) is 0 Å². The van der Waals surface area contributed by atoms with Gasteiger partial charge in [-0.05, 0) is 71.7 Å². The zero-order chi connectivity index (χ0) is 30.6. The molecule has 0 N–H and O–H groups in total. The van der Waals surface area contributed by atoms with Crippen LogP contribution in [0.4, 0.5) is 5.69 Å². The van der Waals surface area contributed by atoms with Crippen molar-refractivity contribution in [1.82, 2.24) is 0 Å². The third-order valence-corrected chi connectivity index (χ3v) is 11.5. The topological polar surface area (TPSA) is 21.7 Å².